The Morgan fingerprint density at radius 1 is 1.21 bits per heavy atom. The van der Waals surface area contributed by atoms with Crippen LogP contribution in [0.4, 0.5) is 0 Å². The van der Waals surface area contributed by atoms with Gasteiger partial charge in [-0.2, -0.15) is 0 Å². The molecule has 0 aliphatic carbocycles. The van der Waals surface area contributed by atoms with Gasteiger partial charge >= 0.3 is 8.80 Å². The molecule has 1 aliphatic heterocycles. The summed E-state index contributed by atoms with van der Waals surface area (Å²) in [6, 6.07) is 0.785. The first-order valence-corrected chi connectivity index (χ1v) is 7.26. The van der Waals surface area contributed by atoms with Gasteiger partial charge in [0.05, 0.1) is 26.4 Å². The summed E-state index contributed by atoms with van der Waals surface area (Å²) in [4.78, 5) is 0. The number of ether oxygens (including phenoxy) is 1. The van der Waals surface area contributed by atoms with Gasteiger partial charge < -0.3 is 18.0 Å². The third kappa shape index (κ3) is 3.84. The van der Waals surface area contributed by atoms with E-state index >= 15 is 0 Å². The molecule has 0 spiro atoms. The molecule has 0 radical (unpaired) electrons. The molecular weight excluding hydrogens is 224 g/mol. The molecule has 0 amide bonds. The smallest absolute Gasteiger partial charge is 0.377 e. The summed E-state index contributed by atoms with van der Waals surface area (Å²) >= 11 is 5.64. The lowest BCUT2D eigenvalue weighted by Gasteiger charge is -2.29. The molecule has 1 rings (SSSR count). The summed E-state index contributed by atoms with van der Waals surface area (Å²) in [5.41, 5.74) is 0. The van der Waals surface area contributed by atoms with Gasteiger partial charge in [-0.1, -0.05) is 0 Å². The van der Waals surface area contributed by atoms with Crippen LogP contribution < -0.4 is 0 Å². The van der Waals surface area contributed by atoms with E-state index in [0.717, 1.165) is 12.5 Å². The Bertz CT molecular complexity index is 145. The second kappa shape index (κ2) is 6.76. The number of hydrogen-bond acceptors (Lipinski definition) is 4. The van der Waals surface area contributed by atoms with E-state index < -0.39 is 8.80 Å². The van der Waals surface area contributed by atoms with Gasteiger partial charge in [-0.25, -0.2) is 0 Å². The molecule has 0 unspecified atom stereocenters. The second-order valence-corrected chi connectivity index (χ2v) is 6.22. The van der Waals surface area contributed by atoms with Gasteiger partial charge in [0.15, 0.2) is 0 Å². The fourth-order valence-electron chi connectivity index (χ4n) is 1.30. The topological polar surface area (TPSA) is 36.9 Å². The first kappa shape index (κ1) is 12.4. The molecule has 14 heavy (non-hydrogen) atoms. The Morgan fingerprint density at radius 3 is 2.36 bits per heavy atom. The highest BCUT2D eigenvalue weighted by Crippen LogP contribution is 2.18. The van der Waals surface area contributed by atoms with Crippen molar-refractivity contribution in [2.75, 3.05) is 39.4 Å². The van der Waals surface area contributed by atoms with Crippen LogP contribution in [0.5, 0.6) is 0 Å². The van der Waals surface area contributed by atoms with Gasteiger partial charge in [0, 0.05) is 19.0 Å². The number of rotatable bonds is 4. The predicted molar refractivity (Wildman–Crippen MR) is 55.6 cm³/mol. The van der Waals surface area contributed by atoms with Crippen molar-refractivity contribution in [3.05, 3.63) is 0 Å². The van der Waals surface area contributed by atoms with Gasteiger partial charge in [-0.05, 0) is 6.42 Å². The standard InChI is InChI=1S/C8H17ClO4Si/c1-10-14(8-2-3-9)12-6-4-11-5-7-13-14/h2-8H2,1H3. The molecule has 6 heteroatoms. The highest BCUT2D eigenvalue weighted by Gasteiger charge is 2.40. The fourth-order valence-corrected chi connectivity index (χ4v) is 3.87. The van der Waals surface area contributed by atoms with Crippen LogP contribution in [0.15, 0.2) is 0 Å². The van der Waals surface area contributed by atoms with Crippen molar-refractivity contribution in [3.8, 4) is 0 Å². The van der Waals surface area contributed by atoms with Crippen LogP contribution in [-0.4, -0.2) is 48.2 Å². The molecule has 0 saturated carbocycles. The maximum atomic E-state index is 5.64. The largest absolute Gasteiger partial charge is 0.500 e. The molecular formula is C8H17ClO4Si. The van der Waals surface area contributed by atoms with Gasteiger partial charge in [0.2, 0.25) is 0 Å². The van der Waals surface area contributed by atoms with E-state index in [1.165, 1.54) is 0 Å². The van der Waals surface area contributed by atoms with Crippen LogP contribution in [0.3, 0.4) is 0 Å². The van der Waals surface area contributed by atoms with E-state index in [1.807, 2.05) is 0 Å². The molecule has 1 aliphatic rings. The minimum Gasteiger partial charge on any atom is -0.377 e. The first-order valence-electron chi connectivity index (χ1n) is 4.80. The second-order valence-electron chi connectivity index (χ2n) is 2.99. The van der Waals surface area contributed by atoms with Crippen LogP contribution in [0.25, 0.3) is 0 Å². The lowest BCUT2D eigenvalue weighted by Crippen LogP contribution is -2.47. The summed E-state index contributed by atoms with van der Waals surface area (Å²) in [7, 11) is -0.783. The Labute approximate surface area is 90.8 Å². The zero-order valence-electron chi connectivity index (χ0n) is 8.46. The maximum Gasteiger partial charge on any atom is 0.500 e. The van der Waals surface area contributed by atoms with Crippen molar-refractivity contribution in [2.24, 2.45) is 0 Å². The van der Waals surface area contributed by atoms with Crippen molar-refractivity contribution in [1.29, 1.82) is 0 Å². The molecule has 1 saturated heterocycles. The average molecular weight is 241 g/mol. The van der Waals surface area contributed by atoms with E-state index in [0.29, 0.717) is 32.3 Å². The summed E-state index contributed by atoms with van der Waals surface area (Å²) in [5, 5.41) is 0. The summed E-state index contributed by atoms with van der Waals surface area (Å²) in [6.45, 7) is 2.31. The quantitative estimate of drug-likeness (QED) is 0.548. The number of hydrogen-bond donors (Lipinski definition) is 0. The van der Waals surface area contributed by atoms with Crippen LogP contribution in [0, 0.1) is 0 Å². The fraction of sp³-hybridized carbons (Fsp3) is 1.00. The van der Waals surface area contributed by atoms with Crippen LogP contribution in [0.2, 0.25) is 6.04 Å². The van der Waals surface area contributed by atoms with E-state index in [4.69, 9.17) is 29.6 Å². The lowest BCUT2D eigenvalue weighted by molar-refractivity contribution is -0.00938. The zero-order chi connectivity index (χ0) is 10.3. The van der Waals surface area contributed by atoms with E-state index in [-0.39, 0.29) is 0 Å². The Balaban J connectivity index is 2.44. The summed E-state index contributed by atoms with van der Waals surface area (Å²) < 4.78 is 21.9. The van der Waals surface area contributed by atoms with Crippen molar-refractivity contribution < 1.29 is 18.0 Å². The lowest BCUT2D eigenvalue weighted by atomic mass is 10.6. The Kier molecular flexibility index (Phi) is 6.00. The average Bonchev–Trinajstić information content (AvgIpc) is 2.18. The minimum atomic E-state index is -2.42. The van der Waals surface area contributed by atoms with E-state index in [9.17, 15) is 0 Å². The molecule has 0 atom stereocenters. The van der Waals surface area contributed by atoms with Gasteiger partial charge in [0.25, 0.3) is 0 Å². The number of halogens is 1. The highest BCUT2D eigenvalue weighted by molar-refractivity contribution is 6.60. The molecule has 84 valence electrons. The highest BCUT2D eigenvalue weighted by atomic mass is 35.5. The molecule has 0 aromatic heterocycles. The third-order valence-electron chi connectivity index (χ3n) is 2.03. The third-order valence-corrected chi connectivity index (χ3v) is 5.17. The predicted octanol–water partition coefficient (Wildman–Crippen LogP) is 1.26. The molecule has 0 aromatic carbocycles. The van der Waals surface area contributed by atoms with Gasteiger partial charge in [-0.3, -0.25) is 0 Å². The van der Waals surface area contributed by atoms with Crippen molar-refractivity contribution in [1.82, 2.24) is 0 Å². The Hall–Kier alpha value is 0.347. The zero-order valence-corrected chi connectivity index (χ0v) is 10.2. The Morgan fingerprint density at radius 2 is 1.86 bits per heavy atom. The summed E-state index contributed by atoms with van der Waals surface area (Å²) in [6.07, 6.45) is 0.864. The van der Waals surface area contributed by atoms with E-state index in [1.54, 1.807) is 7.11 Å². The van der Waals surface area contributed by atoms with E-state index in [2.05, 4.69) is 0 Å². The van der Waals surface area contributed by atoms with Crippen molar-refractivity contribution in [2.45, 2.75) is 12.5 Å². The van der Waals surface area contributed by atoms with Gasteiger partial charge in [0.1, 0.15) is 0 Å². The molecule has 0 aromatic rings. The molecule has 0 N–H and O–H groups in total. The molecule has 1 fully saturated rings. The van der Waals surface area contributed by atoms with Crippen molar-refractivity contribution in [3.63, 3.8) is 0 Å². The minimum absolute atomic E-state index is 0.544. The maximum absolute atomic E-state index is 5.64. The SMILES string of the molecule is CO[Si]1(CCCCl)OCCOCCO1. The van der Waals surface area contributed by atoms with Gasteiger partial charge in [-0.15, -0.1) is 11.6 Å². The monoisotopic (exact) mass is 240 g/mol. The molecule has 0 bridgehead atoms. The normalized spacial score (nSPS) is 22.7. The summed E-state index contributed by atoms with van der Waals surface area (Å²) in [5.74, 6) is 0.612. The van der Waals surface area contributed by atoms with Crippen LogP contribution >= 0.6 is 11.6 Å². The van der Waals surface area contributed by atoms with Crippen molar-refractivity contribution >= 4 is 20.4 Å². The first-order chi connectivity index (χ1) is 6.83. The molecule has 4 nitrogen and oxygen atoms in total. The number of alkyl halides is 1. The van der Waals surface area contributed by atoms with Crippen LogP contribution in [-0.2, 0) is 18.0 Å². The van der Waals surface area contributed by atoms with Crippen LogP contribution in [0.1, 0.15) is 6.42 Å². The molecule has 1 heterocycles.